The Morgan fingerprint density at radius 3 is 2.75 bits per heavy atom. The summed E-state index contributed by atoms with van der Waals surface area (Å²) < 4.78 is 4.88. The Labute approximate surface area is 120 Å². The third kappa shape index (κ3) is 3.81. The van der Waals surface area contributed by atoms with Gasteiger partial charge >= 0.3 is 5.97 Å². The van der Waals surface area contributed by atoms with Crippen LogP contribution in [0, 0.1) is 5.92 Å². The topological polar surface area (TPSA) is 58.6 Å². The summed E-state index contributed by atoms with van der Waals surface area (Å²) >= 11 is 0. The van der Waals surface area contributed by atoms with Gasteiger partial charge in [0.15, 0.2) is 0 Å². The predicted molar refractivity (Wildman–Crippen MR) is 77.4 cm³/mol. The first-order valence-electron chi connectivity index (χ1n) is 7.24. The molecule has 0 saturated heterocycles. The molecule has 2 N–H and O–H groups in total. The average Bonchev–Trinajstić information content (AvgIpc) is 2.89. The van der Waals surface area contributed by atoms with E-state index in [0.717, 1.165) is 31.4 Å². The summed E-state index contributed by atoms with van der Waals surface area (Å²) in [5.74, 6) is -0.209. The Balaban J connectivity index is 1.90. The highest BCUT2D eigenvalue weighted by Crippen LogP contribution is 2.25. The van der Waals surface area contributed by atoms with Crippen LogP contribution in [0.1, 0.15) is 30.7 Å². The normalized spacial score (nSPS) is 23.5. The van der Waals surface area contributed by atoms with Gasteiger partial charge in [0.1, 0.15) is 0 Å². The number of nitrogens with one attached hydrogen (secondary N) is 1. The van der Waals surface area contributed by atoms with E-state index in [2.05, 4.69) is 5.32 Å². The van der Waals surface area contributed by atoms with Crippen molar-refractivity contribution in [3.63, 3.8) is 0 Å². The molecule has 0 amide bonds. The van der Waals surface area contributed by atoms with Crippen molar-refractivity contribution in [2.45, 2.75) is 31.3 Å². The smallest absolute Gasteiger partial charge is 0.314 e. The lowest BCUT2D eigenvalue weighted by atomic mass is 9.98. The third-order valence-corrected chi connectivity index (χ3v) is 4.06. The molecule has 1 fully saturated rings. The van der Waals surface area contributed by atoms with Crippen molar-refractivity contribution < 1.29 is 14.6 Å². The molecular weight excluding hydrogens is 254 g/mol. The molecule has 4 nitrogen and oxygen atoms in total. The monoisotopic (exact) mass is 277 g/mol. The first-order chi connectivity index (χ1) is 9.72. The molecule has 0 spiro atoms. The summed E-state index contributed by atoms with van der Waals surface area (Å²) in [5.41, 5.74) is 0.957. The first-order valence-corrected chi connectivity index (χ1v) is 7.24. The van der Waals surface area contributed by atoms with Crippen molar-refractivity contribution in [1.82, 2.24) is 5.32 Å². The number of benzene rings is 1. The highest BCUT2D eigenvalue weighted by molar-refractivity contribution is 5.78. The first kappa shape index (κ1) is 15.0. The maximum atomic E-state index is 11.9. The maximum Gasteiger partial charge on any atom is 0.314 e. The number of aliphatic hydroxyl groups is 1. The lowest BCUT2D eigenvalue weighted by Crippen LogP contribution is -2.33. The number of methoxy groups -OCH3 is 1. The molecule has 0 bridgehead atoms. The summed E-state index contributed by atoms with van der Waals surface area (Å²) in [4.78, 5) is 11.9. The number of aliphatic hydroxyl groups excluding tert-OH is 1. The zero-order valence-corrected chi connectivity index (χ0v) is 11.9. The summed E-state index contributed by atoms with van der Waals surface area (Å²) in [7, 11) is 1.42. The van der Waals surface area contributed by atoms with E-state index >= 15 is 0 Å². The Morgan fingerprint density at radius 1 is 1.40 bits per heavy atom. The van der Waals surface area contributed by atoms with Crippen LogP contribution in [0.15, 0.2) is 30.3 Å². The standard InChI is InChI=1S/C16H23NO3/c1-20-16(19)14(12-6-3-2-4-7-12)11-17-10-13-8-5-9-15(13)18/h2-4,6-7,13-15,17-18H,5,8-11H2,1H3. The van der Waals surface area contributed by atoms with Crippen LogP contribution in [0.3, 0.4) is 0 Å². The van der Waals surface area contributed by atoms with E-state index in [1.54, 1.807) is 0 Å². The fourth-order valence-electron chi connectivity index (χ4n) is 2.83. The minimum absolute atomic E-state index is 0.198. The molecule has 20 heavy (non-hydrogen) atoms. The number of ether oxygens (including phenoxy) is 1. The van der Waals surface area contributed by atoms with E-state index in [9.17, 15) is 9.90 Å². The van der Waals surface area contributed by atoms with Crippen LogP contribution < -0.4 is 5.32 Å². The second kappa shape index (κ2) is 7.41. The zero-order valence-electron chi connectivity index (χ0n) is 11.9. The van der Waals surface area contributed by atoms with Crippen molar-refractivity contribution >= 4 is 5.97 Å². The molecule has 1 saturated carbocycles. The summed E-state index contributed by atoms with van der Waals surface area (Å²) in [6.07, 6.45) is 2.84. The molecule has 3 atom stereocenters. The van der Waals surface area contributed by atoms with Crippen LogP contribution in [0.5, 0.6) is 0 Å². The minimum atomic E-state index is -0.292. The van der Waals surface area contributed by atoms with Crippen LogP contribution in [0.2, 0.25) is 0 Å². The number of rotatable bonds is 6. The summed E-state index contributed by atoms with van der Waals surface area (Å²) in [5, 5.41) is 13.1. The molecule has 1 aromatic carbocycles. The molecule has 3 unspecified atom stereocenters. The molecule has 1 aliphatic carbocycles. The Morgan fingerprint density at radius 2 is 2.15 bits per heavy atom. The molecule has 0 radical (unpaired) electrons. The fraction of sp³-hybridized carbons (Fsp3) is 0.562. The number of carbonyl (C=O) groups is 1. The molecule has 4 heteroatoms. The molecule has 1 aromatic rings. The van der Waals surface area contributed by atoms with Gasteiger partial charge in [-0.1, -0.05) is 36.8 Å². The second-order valence-corrected chi connectivity index (χ2v) is 5.40. The molecule has 1 aliphatic rings. The van der Waals surface area contributed by atoms with Gasteiger partial charge in [-0.05, 0) is 24.3 Å². The average molecular weight is 277 g/mol. The van der Waals surface area contributed by atoms with Gasteiger partial charge in [-0.2, -0.15) is 0 Å². The molecule has 0 heterocycles. The van der Waals surface area contributed by atoms with Crippen LogP contribution >= 0.6 is 0 Å². The summed E-state index contributed by atoms with van der Waals surface area (Å²) in [6, 6.07) is 9.65. The number of carbonyl (C=O) groups excluding carboxylic acids is 1. The van der Waals surface area contributed by atoms with E-state index in [1.807, 2.05) is 30.3 Å². The Hall–Kier alpha value is -1.39. The van der Waals surface area contributed by atoms with Gasteiger partial charge < -0.3 is 15.2 Å². The van der Waals surface area contributed by atoms with E-state index in [-0.39, 0.29) is 18.0 Å². The highest BCUT2D eigenvalue weighted by atomic mass is 16.5. The summed E-state index contributed by atoms with van der Waals surface area (Å²) in [6.45, 7) is 1.29. The fourth-order valence-corrected chi connectivity index (χ4v) is 2.83. The number of hydrogen-bond donors (Lipinski definition) is 2. The van der Waals surface area contributed by atoms with Gasteiger partial charge in [0.2, 0.25) is 0 Å². The molecular formula is C16H23NO3. The SMILES string of the molecule is COC(=O)C(CNCC1CCCC1O)c1ccccc1. The van der Waals surface area contributed by atoms with Crippen molar-refractivity contribution in [3.05, 3.63) is 35.9 Å². The molecule has 0 aliphatic heterocycles. The molecule has 0 aromatic heterocycles. The zero-order chi connectivity index (χ0) is 14.4. The van der Waals surface area contributed by atoms with Gasteiger partial charge in [-0.3, -0.25) is 4.79 Å². The lowest BCUT2D eigenvalue weighted by molar-refractivity contribution is -0.142. The van der Waals surface area contributed by atoms with E-state index in [4.69, 9.17) is 4.74 Å². The predicted octanol–water partition coefficient (Wildman–Crippen LogP) is 1.69. The van der Waals surface area contributed by atoms with Gasteiger partial charge in [0.05, 0.1) is 19.1 Å². The molecule has 2 rings (SSSR count). The van der Waals surface area contributed by atoms with Gasteiger partial charge in [0, 0.05) is 13.1 Å². The Bertz CT molecular complexity index is 421. The van der Waals surface area contributed by atoms with E-state index < -0.39 is 0 Å². The van der Waals surface area contributed by atoms with Crippen LogP contribution in [-0.2, 0) is 9.53 Å². The maximum absolute atomic E-state index is 11.9. The van der Waals surface area contributed by atoms with Crippen molar-refractivity contribution in [3.8, 4) is 0 Å². The Kier molecular flexibility index (Phi) is 5.56. The second-order valence-electron chi connectivity index (χ2n) is 5.40. The van der Waals surface area contributed by atoms with Gasteiger partial charge in [0.25, 0.3) is 0 Å². The van der Waals surface area contributed by atoms with Crippen molar-refractivity contribution in [2.75, 3.05) is 20.2 Å². The third-order valence-electron chi connectivity index (χ3n) is 4.06. The van der Waals surface area contributed by atoms with Gasteiger partial charge in [-0.15, -0.1) is 0 Å². The van der Waals surface area contributed by atoms with Crippen LogP contribution in [0.25, 0.3) is 0 Å². The van der Waals surface area contributed by atoms with Crippen LogP contribution in [-0.4, -0.2) is 37.4 Å². The molecule has 110 valence electrons. The largest absolute Gasteiger partial charge is 0.469 e. The quantitative estimate of drug-likeness (QED) is 0.777. The van der Waals surface area contributed by atoms with Crippen molar-refractivity contribution in [2.24, 2.45) is 5.92 Å². The van der Waals surface area contributed by atoms with E-state index in [0.29, 0.717) is 12.5 Å². The minimum Gasteiger partial charge on any atom is -0.469 e. The van der Waals surface area contributed by atoms with Crippen molar-refractivity contribution in [1.29, 1.82) is 0 Å². The van der Waals surface area contributed by atoms with Gasteiger partial charge in [-0.25, -0.2) is 0 Å². The number of esters is 1. The van der Waals surface area contributed by atoms with Crippen LogP contribution in [0.4, 0.5) is 0 Å². The highest BCUT2D eigenvalue weighted by Gasteiger charge is 2.26. The lowest BCUT2D eigenvalue weighted by Gasteiger charge is -2.19. The van der Waals surface area contributed by atoms with E-state index in [1.165, 1.54) is 7.11 Å². The number of hydrogen-bond acceptors (Lipinski definition) is 4.